The number of cyclic esters (lactones) is 1. The molecule has 0 saturated carbocycles. The number of ether oxygens (including phenoxy) is 3. The maximum absolute atomic E-state index is 13.5. The summed E-state index contributed by atoms with van der Waals surface area (Å²) < 4.78 is 32.2. The fraction of sp³-hybridized carbons (Fsp3) is 0.0833. The van der Waals surface area contributed by atoms with E-state index in [4.69, 9.17) is 14.2 Å². The third-order valence-electron chi connectivity index (χ3n) is 4.52. The highest BCUT2D eigenvalue weighted by Crippen LogP contribution is 2.35. The lowest BCUT2D eigenvalue weighted by molar-refractivity contribution is -0.129. The molecule has 0 atom stereocenters. The first kappa shape index (κ1) is 22.7. The van der Waals surface area contributed by atoms with Crippen LogP contribution in [0.4, 0.5) is 4.39 Å². The van der Waals surface area contributed by atoms with Crippen LogP contribution in [-0.2, 0) is 16.1 Å². The van der Waals surface area contributed by atoms with Crippen LogP contribution in [0.15, 0.2) is 71.4 Å². The molecule has 32 heavy (non-hydrogen) atoms. The number of benzene rings is 3. The van der Waals surface area contributed by atoms with Crippen molar-refractivity contribution in [2.45, 2.75) is 6.61 Å². The predicted octanol–water partition coefficient (Wildman–Crippen LogP) is 5.97. The second-order valence-corrected chi connectivity index (χ2v) is 9.21. The van der Waals surface area contributed by atoms with E-state index in [1.165, 1.54) is 18.2 Å². The van der Waals surface area contributed by atoms with Gasteiger partial charge in [0.2, 0.25) is 5.90 Å². The van der Waals surface area contributed by atoms with Crippen molar-refractivity contribution in [2.75, 3.05) is 7.11 Å². The smallest absolute Gasteiger partial charge is 0.363 e. The van der Waals surface area contributed by atoms with Crippen LogP contribution in [0.5, 0.6) is 11.5 Å². The Labute approximate surface area is 211 Å². The summed E-state index contributed by atoms with van der Waals surface area (Å²) in [5.41, 5.74) is 2.26. The summed E-state index contributed by atoms with van der Waals surface area (Å²) in [6, 6.07) is 17.4. The standard InChI is InChI=1S/C24H16FI2NO4/c1-30-21-11-15(9-19(27)22(21)31-13-14-4-2-7-18(26)8-14)10-20-24(29)32-23(28-20)16-5-3-6-17(25)12-16/h2-12H,13H2,1H3/b20-10-. The lowest BCUT2D eigenvalue weighted by Gasteiger charge is -2.14. The first-order valence-electron chi connectivity index (χ1n) is 9.46. The average Bonchev–Trinajstić information content (AvgIpc) is 3.13. The minimum absolute atomic E-state index is 0.0693. The van der Waals surface area contributed by atoms with Crippen LogP contribution in [0.1, 0.15) is 16.7 Å². The summed E-state index contributed by atoms with van der Waals surface area (Å²) in [6.45, 7) is 0.400. The summed E-state index contributed by atoms with van der Waals surface area (Å²) in [5, 5.41) is 0. The number of carbonyl (C=O) groups excluding carboxylic acids is 1. The van der Waals surface area contributed by atoms with Gasteiger partial charge in [0.25, 0.3) is 0 Å². The molecule has 1 aliphatic rings. The monoisotopic (exact) mass is 655 g/mol. The summed E-state index contributed by atoms with van der Waals surface area (Å²) >= 11 is 4.43. The van der Waals surface area contributed by atoms with Gasteiger partial charge in [-0.25, -0.2) is 14.2 Å². The van der Waals surface area contributed by atoms with E-state index in [9.17, 15) is 9.18 Å². The van der Waals surface area contributed by atoms with Crippen LogP contribution in [-0.4, -0.2) is 19.0 Å². The van der Waals surface area contributed by atoms with E-state index in [0.29, 0.717) is 29.2 Å². The molecule has 0 unspecified atom stereocenters. The molecule has 0 aliphatic carbocycles. The maximum Gasteiger partial charge on any atom is 0.363 e. The molecule has 0 N–H and O–H groups in total. The lowest BCUT2D eigenvalue weighted by Crippen LogP contribution is -2.05. The zero-order valence-electron chi connectivity index (χ0n) is 16.8. The first-order valence-corrected chi connectivity index (χ1v) is 11.6. The van der Waals surface area contributed by atoms with E-state index in [1.807, 2.05) is 24.3 Å². The molecule has 0 aromatic heterocycles. The fourth-order valence-corrected chi connectivity index (χ4v) is 4.45. The second kappa shape index (κ2) is 9.99. The van der Waals surface area contributed by atoms with Gasteiger partial charge in [-0.15, -0.1) is 0 Å². The molecule has 5 nitrogen and oxygen atoms in total. The quantitative estimate of drug-likeness (QED) is 0.187. The highest BCUT2D eigenvalue weighted by atomic mass is 127. The van der Waals surface area contributed by atoms with Crippen molar-refractivity contribution in [1.82, 2.24) is 0 Å². The highest BCUT2D eigenvalue weighted by molar-refractivity contribution is 14.1. The van der Waals surface area contributed by atoms with Gasteiger partial charge in [0.1, 0.15) is 12.4 Å². The molecule has 1 aliphatic heterocycles. The number of nitrogens with zero attached hydrogens (tertiary/aromatic N) is 1. The summed E-state index contributed by atoms with van der Waals surface area (Å²) in [5.74, 6) is 0.193. The van der Waals surface area contributed by atoms with Gasteiger partial charge in [-0.3, -0.25) is 0 Å². The molecule has 3 aromatic rings. The lowest BCUT2D eigenvalue weighted by atomic mass is 10.1. The zero-order chi connectivity index (χ0) is 22.7. The molecule has 8 heteroatoms. The Bertz CT molecular complexity index is 1260. The number of hydrogen-bond donors (Lipinski definition) is 0. The van der Waals surface area contributed by atoms with E-state index in [1.54, 1.807) is 25.3 Å². The van der Waals surface area contributed by atoms with Gasteiger partial charge in [0.05, 0.1) is 10.7 Å². The Kier molecular flexibility index (Phi) is 7.09. The number of methoxy groups -OCH3 is 1. The van der Waals surface area contributed by atoms with Crippen LogP contribution < -0.4 is 9.47 Å². The Balaban J connectivity index is 1.59. The van der Waals surface area contributed by atoms with Crippen LogP contribution in [0, 0.1) is 13.0 Å². The Hall–Kier alpha value is -2.47. The van der Waals surface area contributed by atoms with E-state index in [-0.39, 0.29) is 11.6 Å². The number of aliphatic imine (C=N–C) groups is 1. The van der Waals surface area contributed by atoms with Gasteiger partial charge >= 0.3 is 5.97 Å². The Morgan fingerprint density at radius 3 is 2.66 bits per heavy atom. The molecule has 3 aromatic carbocycles. The molecule has 0 spiro atoms. The van der Waals surface area contributed by atoms with Crippen LogP contribution in [0.25, 0.3) is 6.08 Å². The molecule has 0 saturated heterocycles. The van der Waals surface area contributed by atoms with Crippen molar-refractivity contribution in [3.05, 3.63) is 96.0 Å². The molecule has 1 heterocycles. The fourth-order valence-electron chi connectivity index (χ4n) is 3.06. The molecule has 4 rings (SSSR count). The number of esters is 1. The zero-order valence-corrected chi connectivity index (χ0v) is 21.1. The van der Waals surface area contributed by atoms with E-state index in [2.05, 4.69) is 56.2 Å². The molecule has 162 valence electrons. The van der Waals surface area contributed by atoms with E-state index in [0.717, 1.165) is 12.7 Å². The van der Waals surface area contributed by atoms with Crippen LogP contribution in [0.3, 0.4) is 0 Å². The van der Waals surface area contributed by atoms with Crippen molar-refractivity contribution in [1.29, 1.82) is 0 Å². The predicted molar refractivity (Wildman–Crippen MR) is 136 cm³/mol. The van der Waals surface area contributed by atoms with Gasteiger partial charge in [0.15, 0.2) is 17.2 Å². The minimum Gasteiger partial charge on any atom is -0.493 e. The van der Waals surface area contributed by atoms with Crippen molar-refractivity contribution in [3.63, 3.8) is 0 Å². The molecule has 0 bridgehead atoms. The van der Waals surface area contributed by atoms with Gasteiger partial charge < -0.3 is 14.2 Å². The van der Waals surface area contributed by atoms with Gasteiger partial charge in [0, 0.05) is 9.13 Å². The average molecular weight is 655 g/mol. The third-order valence-corrected chi connectivity index (χ3v) is 5.99. The second-order valence-electron chi connectivity index (χ2n) is 6.80. The third kappa shape index (κ3) is 5.29. The van der Waals surface area contributed by atoms with Gasteiger partial charge in [-0.05, 0) is 105 Å². The Morgan fingerprint density at radius 1 is 1.09 bits per heavy atom. The van der Waals surface area contributed by atoms with E-state index >= 15 is 0 Å². The number of hydrogen-bond acceptors (Lipinski definition) is 5. The topological polar surface area (TPSA) is 57.1 Å². The van der Waals surface area contributed by atoms with Crippen molar-refractivity contribution in [2.24, 2.45) is 4.99 Å². The minimum atomic E-state index is -0.600. The highest BCUT2D eigenvalue weighted by Gasteiger charge is 2.24. The normalized spacial score (nSPS) is 14.3. The van der Waals surface area contributed by atoms with Crippen molar-refractivity contribution in [3.8, 4) is 11.5 Å². The molecule has 0 radical (unpaired) electrons. The molecular weight excluding hydrogens is 639 g/mol. The van der Waals surface area contributed by atoms with Crippen LogP contribution in [0.2, 0.25) is 0 Å². The Morgan fingerprint density at radius 2 is 1.91 bits per heavy atom. The molecule has 0 amide bonds. The van der Waals surface area contributed by atoms with E-state index < -0.39 is 11.8 Å². The number of carbonyl (C=O) groups is 1. The van der Waals surface area contributed by atoms with Crippen molar-refractivity contribution < 1.29 is 23.4 Å². The largest absolute Gasteiger partial charge is 0.493 e. The molecular formula is C24H16FI2NO4. The summed E-state index contributed by atoms with van der Waals surface area (Å²) in [4.78, 5) is 16.5. The van der Waals surface area contributed by atoms with Crippen LogP contribution >= 0.6 is 45.2 Å². The molecule has 0 fully saturated rings. The van der Waals surface area contributed by atoms with Gasteiger partial charge in [-0.2, -0.15) is 0 Å². The SMILES string of the molecule is COc1cc(/C=C2\N=C(c3cccc(F)c3)OC2=O)cc(I)c1OCc1cccc(I)c1. The number of rotatable bonds is 6. The maximum atomic E-state index is 13.5. The van der Waals surface area contributed by atoms with Gasteiger partial charge in [-0.1, -0.05) is 18.2 Å². The number of halogens is 3. The van der Waals surface area contributed by atoms with Crippen molar-refractivity contribution >= 4 is 63.1 Å². The first-order chi connectivity index (χ1) is 15.4. The summed E-state index contributed by atoms with van der Waals surface area (Å²) in [6.07, 6.45) is 1.60. The summed E-state index contributed by atoms with van der Waals surface area (Å²) in [7, 11) is 1.56.